The molecule has 0 saturated carbocycles. The quantitative estimate of drug-likeness (QED) is 0.337. The lowest BCUT2D eigenvalue weighted by Crippen LogP contribution is -2.12. The lowest BCUT2D eigenvalue weighted by molar-refractivity contribution is 1.11. The van der Waals surface area contributed by atoms with Gasteiger partial charge in [0.25, 0.3) is 0 Å². The molecule has 1 aromatic rings. The molecule has 0 spiro atoms. The van der Waals surface area contributed by atoms with Gasteiger partial charge in [-0.1, -0.05) is 11.8 Å². The number of fused-ring (bicyclic) bond motifs is 1. The van der Waals surface area contributed by atoms with Crippen LogP contribution < -0.4 is 10.6 Å². The van der Waals surface area contributed by atoms with Crippen molar-refractivity contribution >= 4 is 28.3 Å². The highest BCUT2D eigenvalue weighted by Gasteiger charge is 2.09. The van der Waals surface area contributed by atoms with Crippen molar-refractivity contribution in [3.8, 4) is 6.19 Å². The van der Waals surface area contributed by atoms with Crippen LogP contribution in [0.25, 0.3) is 0 Å². The molecule has 82 valence electrons. The number of nitrogens with one attached hydrogen (secondary N) is 2. The zero-order valence-corrected chi connectivity index (χ0v) is 9.77. The van der Waals surface area contributed by atoms with Crippen molar-refractivity contribution in [2.24, 2.45) is 4.99 Å². The molecule has 0 saturated heterocycles. The van der Waals surface area contributed by atoms with Crippen molar-refractivity contribution in [3.63, 3.8) is 0 Å². The van der Waals surface area contributed by atoms with E-state index in [0.29, 0.717) is 5.17 Å². The highest BCUT2D eigenvalue weighted by Crippen LogP contribution is 2.27. The molecule has 16 heavy (non-hydrogen) atoms. The fraction of sp³-hybridized carbons (Fsp3) is 0.273. The van der Waals surface area contributed by atoms with Gasteiger partial charge in [-0.05, 0) is 36.4 Å². The zero-order valence-electron chi connectivity index (χ0n) is 8.95. The second-order valence-corrected chi connectivity index (χ2v) is 4.17. The summed E-state index contributed by atoms with van der Waals surface area (Å²) in [4.78, 5) is 4.36. The molecule has 0 aliphatic carbocycles. The van der Waals surface area contributed by atoms with Crippen LogP contribution in [-0.2, 0) is 6.42 Å². The van der Waals surface area contributed by atoms with Gasteiger partial charge in [0.05, 0.1) is 5.69 Å². The lowest BCUT2D eigenvalue weighted by atomic mass is 10.1. The van der Waals surface area contributed by atoms with Crippen molar-refractivity contribution in [1.29, 1.82) is 5.26 Å². The molecular weight excluding hydrogens is 220 g/mol. The summed E-state index contributed by atoms with van der Waals surface area (Å²) in [6.07, 6.45) is 4.80. The maximum Gasteiger partial charge on any atom is 0.183 e. The fourth-order valence-electron chi connectivity index (χ4n) is 1.65. The first-order chi connectivity index (χ1) is 7.83. The summed E-state index contributed by atoms with van der Waals surface area (Å²) in [6, 6.07) is 6.04. The van der Waals surface area contributed by atoms with Crippen molar-refractivity contribution < 1.29 is 0 Å². The van der Waals surface area contributed by atoms with Crippen LogP contribution in [0, 0.1) is 11.5 Å². The van der Waals surface area contributed by atoms with Crippen LogP contribution in [0.15, 0.2) is 23.2 Å². The van der Waals surface area contributed by atoms with E-state index in [1.807, 2.05) is 24.6 Å². The molecule has 1 aliphatic rings. The van der Waals surface area contributed by atoms with Gasteiger partial charge in [0, 0.05) is 12.2 Å². The summed E-state index contributed by atoms with van der Waals surface area (Å²) in [6.45, 7) is 0.994. The van der Waals surface area contributed by atoms with Crippen molar-refractivity contribution in [1.82, 2.24) is 5.32 Å². The van der Waals surface area contributed by atoms with Gasteiger partial charge in [-0.25, -0.2) is 4.99 Å². The van der Waals surface area contributed by atoms with E-state index in [1.165, 1.54) is 23.0 Å². The summed E-state index contributed by atoms with van der Waals surface area (Å²) in [5.74, 6) is 0. The Morgan fingerprint density at radius 3 is 3.25 bits per heavy atom. The van der Waals surface area contributed by atoms with Gasteiger partial charge in [-0.3, -0.25) is 5.32 Å². The van der Waals surface area contributed by atoms with Gasteiger partial charge in [0.1, 0.15) is 0 Å². The van der Waals surface area contributed by atoms with Crippen LogP contribution in [0.4, 0.5) is 11.4 Å². The topological polar surface area (TPSA) is 60.2 Å². The molecule has 5 heteroatoms. The summed E-state index contributed by atoms with van der Waals surface area (Å²) in [5.41, 5.74) is 3.37. The van der Waals surface area contributed by atoms with E-state index in [1.54, 1.807) is 0 Å². The number of rotatable bonds is 1. The number of hydrogen-bond acceptors (Lipinski definition) is 4. The first kappa shape index (κ1) is 10.8. The largest absolute Gasteiger partial charge is 0.384 e. The summed E-state index contributed by atoms with van der Waals surface area (Å²) in [5, 5.41) is 15.0. The Hall–Kier alpha value is -1.67. The Bertz CT molecular complexity index is 462. The van der Waals surface area contributed by atoms with E-state index in [4.69, 9.17) is 5.26 Å². The van der Waals surface area contributed by atoms with Crippen molar-refractivity contribution in [2.75, 3.05) is 18.1 Å². The molecule has 0 unspecified atom stereocenters. The number of benzene rings is 1. The SMILES string of the molecule is CSC(=Nc1ccc2c(c1)CCN2)NC#N. The van der Waals surface area contributed by atoms with Gasteiger partial charge in [0.2, 0.25) is 0 Å². The molecule has 0 atom stereocenters. The average molecular weight is 232 g/mol. The minimum absolute atomic E-state index is 0.619. The second-order valence-electron chi connectivity index (χ2n) is 3.38. The Morgan fingerprint density at radius 2 is 2.50 bits per heavy atom. The Labute approximate surface area is 98.8 Å². The number of nitriles is 1. The Morgan fingerprint density at radius 1 is 1.62 bits per heavy atom. The number of thioether (sulfide) groups is 1. The molecule has 2 N–H and O–H groups in total. The fourth-order valence-corrected chi connectivity index (χ4v) is 1.99. The van der Waals surface area contributed by atoms with E-state index in [9.17, 15) is 0 Å². The van der Waals surface area contributed by atoms with E-state index >= 15 is 0 Å². The van der Waals surface area contributed by atoms with Crippen LogP contribution in [-0.4, -0.2) is 18.0 Å². The maximum atomic E-state index is 8.54. The predicted octanol–water partition coefficient (Wildman–Crippen LogP) is 2.08. The number of anilines is 1. The predicted molar refractivity (Wildman–Crippen MR) is 68.0 cm³/mol. The zero-order chi connectivity index (χ0) is 11.4. The number of amidine groups is 1. The Balaban J connectivity index is 2.25. The number of hydrogen-bond donors (Lipinski definition) is 2. The molecule has 0 fully saturated rings. The highest BCUT2D eigenvalue weighted by atomic mass is 32.2. The number of nitrogens with zero attached hydrogens (tertiary/aromatic N) is 2. The standard InChI is InChI=1S/C11H12N4S/c1-16-11(14-7-12)15-9-2-3-10-8(6-9)4-5-13-10/h2-3,6,13H,4-5H2,1H3,(H,14,15). The molecule has 1 heterocycles. The van der Waals surface area contributed by atoms with Crippen LogP contribution in [0.3, 0.4) is 0 Å². The van der Waals surface area contributed by atoms with E-state index < -0.39 is 0 Å². The minimum Gasteiger partial charge on any atom is -0.384 e. The molecule has 0 bridgehead atoms. The second kappa shape index (κ2) is 4.90. The monoisotopic (exact) mass is 232 g/mol. The van der Waals surface area contributed by atoms with Gasteiger partial charge < -0.3 is 5.32 Å². The third-order valence-corrected chi connectivity index (χ3v) is 2.97. The molecule has 2 rings (SSSR count). The third kappa shape index (κ3) is 2.28. The summed E-state index contributed by atoms with van der Waals surface area (Å²) >= 11 is 1.42. The van der Waals surface area contributed by atoms with Gasteiger partial charge in [0.15, 0.2) is 11.4 Å². The molecule has 1 aliphatic heterocycles. The number of aliphatic imine (C=N–C) groups is 1. The summed E-state index contributed by atoms with van der Waals surface area (Å²) < 4.78 is 0. The third-order valence-electron chi connectivity index (χ3n) is 2.39. The smallest absolute Gasteiger partial charge is 0.183 e. The van der Waals surface area contributed by atoms with E-state index in [2.05, 4.69) is 21.7 Å². The molecule has 0 aromatic heterocycles. The van der Waals surface area contributed by atoms with Crippen LogP contribution in [0.1, 0.15) is 5.56 Å². The molecule has 1 aromatic carbocycles. The Kier molecular flexibility index (Phi) is 3.32. The van der Waals surface area contributed by atoms with Gasteiger partial charge in [-0.2, -0.15) is 5.26 Å². The van der Waals surface area contributed by atoms with Gasteiger partial charge in [-0.15, -0.1) is 0 Å². The molecule has 0 radical (unpaired) electrons. The van der Waals surface area contributed by atoms with Gasteiger partial charge >= 0.3 is 0 Å². The van der Waals surface area contributed by atoms with Crippen LogP contribution >= 0.6 is 11.8 Å². The van der Waals surface area contributed by atoms with E-state index in [-0.39, 0.29) is 0 Å². The first-order valence-corrected chi connectivity index (χ1v) is 6.20. The van der Waals surface area contributed by atoms with Crippen LogP contribution in [0.2, 0.25) is 0 Å². The minimum atomic E-state index is 0.619. The van der Waals surface area contributed by atoms with Crippen LogP contribution in [0.5, 0.6) is 0 Å². The molecule has 0 amide bonds. The average Bonchev–Trinajstić information content (AvgIpc) is 2.75. The highest BCUT2D eigenvalue weighted by molar-refractivity contribution is 8.13. The van der Waals surface area contributed by atoms with Crippen molar-refractivity contribution in [2.45, 2.75) is 6.42 Å². The van der Waals surface area contributed by atoms with E-state index in [0.717, 1.165) is 18.7 Å². The summed E-state index contributed by atoms with van der Waals surface area (Å²) in [7, 11) is 0. The normalized spacial score (nSPS) is 13.9. The molecule has 4 nitrogen and oxygen atoms in total. The lowest BCUT2D eigenvalue weighted by Gasteiger charge is -2.02. The molecular formula is C11H12N4S. The first-order valence-electron chi connectivity index (χ1n) is 4.98. The maximum absolute atomic E-state index is 8.54. The van der Waals surface area contributed by atoms with Crippen molar-refractivity contribution in [3.05, 3.63) is 23.8 Å².